The second-order valence-electron chi connectivity index (χ2n) is 5.13. The second kappa shape index (κ2) is 4.68. The highest BCUT2D eigenvalue weighted by atomic mass is 15.3. The minimum atomic E-state index is -0.183. The van der Waals surface area contributed by atoms with Crippen LogP contribution in [-0.2, 0) is 0 Å². The standard InChI is InChI=1S/C17H14N4/c18-17(12-8-9-15-16(10-12)20-21-19-15)14-7-3-5-11-4-1-2-6-13(11)14/h1-10,17H,18H2,(H,19,20,21). The summed E-state index contributed by atoms with van der Waals surface area (Å²) in [5.41, 5.74) is 10.4. The molecule has 3 N–H and O–H groups in total. The first-order valence-electron chi connectivity index (χ1n) is 6.87. The lowest BCUT2D eigenvalue weighted by molar-refractivity contribution is 0.882. The molecule has 3 aromatic carbocycles. The van der Waals surface area contributed by atoms with E-state index >= 15 is 0 Å². The van der Waals surface area contributed by atoms with Crippen molar-refractivity contribution in [2.45, 2.75) is 6.04 Å². The van der Waals surface area contributed by atoms with Crippen LogP contribution in [0.25, 0.3) is 21.8 Å². The molecule has 0 saturated heterocycles. The van der Waals surface area contributed by atoms with E-state index in [0.29, 0.717) is 0 Å². The third-order valence-electron chi connectivity index (χ3n) is 3.87. The molecule has 0 radical (unpaired) electrons. The van der Waals surface area contributed by atoms with Gasteiger partial charge in [0.2, 0.25) is 0 Å². The Bertz CT molecular complexity index is 921. The van der Waals surface area contributed by atoms with E-state index in [1.807, 2.05) is 36.4 Å². The number of H-pyrrole nitrogens is 1. The summed E-state index contributed by atoms with van der Waals surface area (Å²) in [6, 6.07) is 20.3. The van der Waals surface area contributed by atoms with Crippen molar-refractivity contribution in [2.75, 3.05) is 0 Å². The van der Waals surface area contributed by atoms with Gasteiger partial charge in [0.15, 0.2) is 0 Å². The fraction of sp³-hybridized carbons (Fsp3) is 0.0588. The lowest BCUT2D eigenvalue weighted by Gasteiger charge is -2.15. The molecule has 4 heteroatoms. The molecule has 21 heavy (non-hydrogen) atoms. The smallest absolute Gasteiger partial charge is 0.113 e. The van der Waals surface area contributed by atoms with Crippen molar-refractivity contribution in [3.05, 3.63) is 71.8 Å². The predicted octanol–water partition coefficient (Wildman–Crippen LogP) is 3.16. The normalized spacial score (nSPS) is 12.8. The summed E-state index contributed by atoms with van der Waals surface area (Å²) in [6.07, 6.45) is 0. The third-order valence-corrected chi connectivity index (χ3v) is 3.87. The number of hydrogen-bond acceptors (Lipinski definition) is 3. The summed E-state index contributed by atoms with van der Waals surface area (Å²) in [6.45, 7) is 0. The monoisotopic (exact) mass is 274 g/mol. The van der Waals surface area contributed by atoms with Gasteiger partial charge in [-0.2, -0.15) is 0 Å². The molecule has 4 aromatic rings. The van der Waals surface area contributed by atoms with Crippen LogP contribution in [0.2, 0.25) is 0 Å². The van der Waals surface area contributed by atoms with E-state index in [0.717, 1.165) is 22.2 Å². The average molecular weight is 274 g/mol. The summed E-state index contributed by atoms with van der Waals surface area (Å²) in [5, 5.41) is 13.1. The molecule has 1 heterocycles. The Morgan fingerprint density at radius 1 is 0.952 bits per heavy atom. The number of fused-ring (bicyclic) bond motifs is 2. The van der Waals surface area contributed by atoms with E-state index in [2.05, 4.69) is 39.7 Å². The lowest BCUT2D eigenvalue weighted by Crippen LogP contribution is -2.12. The number of rotatable bonds is 2. The van der Waals surface area contributed by atoms with Gasteiger partial charge in [-0.05, 0) is 34.0 Å². The largest absolute Gasteiger partial charge is 0.320 e. The molecule has 0 amide bonds. The summed E-state index contributed by atoms with van der Waals surface area (Å²) in [5.74, 6) is 0. The Morgan fingerprint density at radius 3 is 2.76 bits per heavy atom. The molecule has 1 atom stereocenters. The van der Waals surface area contributed by atoms with Crippen molar-refractivity contribution >= 4 is 21.8 Å². The third kappa shape index (κ3) is 1.97. The Morgan fingerprint density at radius 2 is 1.81 bits per heavy atom. The molecule has 0 fully saturated rings. The quantitative estimate of drug-likeness (QED) is 0.590. The number of benzene rings is 3. The highest BCUT2D eigenvalue weighted by Crippen LogP contribution is 2.28. The van der Waals surface area contributed by atoms with Crippen molar-refractivity contribution in [3.8, 4) is 0 Å². The van der Waals surface area contributed by atoms with Crippen LogP contribution in [0.4, 0.5) is 0 Å². The zero-order valence-electron chi connectivity index (χ0n) is 11.3. The average Bonchev–Trinajstić information content (AvgIpc) is 3.01. The van der Waals surface area contributed by atoms with Crippen LogP contribution in [0.5, 0.6) is 0 Å². The molecule has 4 rings (SSSR count). The number of nitrogens with one attached hydrogen (secondary N) is 1. The maximum atomic E-state index is 6.48. The highest BCUT2D eigenvalue weighted by Gasteiger charge is 2.13. The topological polar surface area (TPSA) is 67.6 Å². The molecule has 0 saturated carbocycles. The number of hydrogen-bond donors (Lipinski definition) is 2. The van der Waals surface area contributed by atoms with Gasteiger partial charge in [0, 0.05) is 0 Å². The second-order valence-corrected chi connectivity index (χ2v) is 5.13. The van der Waals surface area contributed by atoms with E-state index in [1.165, 1.54) is 10.8 Å². The molecule has 1 aromatic heterocycles. The van der Waals surface area contributed by atoms with Crippen LogP contribution in [0.15, 0.2) is 60.7 Å². The molecule has 0 aliphatic rings. The van der Waals surface area contributed by atoms with Crippen molar-refractivity contribution in [2.24, 2.45) is 5.73 Å². The molecular weight excluding hydrogens is 260 g/mol. The number of aromatic amines is 1. The Kier molecular flexibility index (Phi) is 2.69. The van der Waals surface area contributed by atoms with E-state index in [-0.39, 0.29) is 6.04 Å². The van der Waals surface area contributed by atoms with Gasteiger partial charge in [-0.15, -0.1) is 5.10 Å². The maximum absolute atomic E-state index is 6.48. The van der Waals surface area contributed by atoms with Crippen molar-refractivity contribution < 1.29 is 0 Å². The molecule has 4 nitrogen and oxygen atoms in total. The van der Waals surface area contributed by atoms with Crippen molar-refractivity contribution in [1.29, 1.82) is 0 Å². The fourth-order valence-electron chi connectivity index (χ4n) is 2.75. The SMILES string of the molecule is NC(c1ccc2[nH]nnc2c1)c1cccc2ccccc12. The van der Waals surface area contributed by atoms with Crippen molar-refractivity contribution in [1.82, 2.24) is 15.4 Å². The molecule has 0 aliphatic carbocycles. The van der Waals surface area contributed by atoms with Crippen molar-refractivity contribution in [3.63, 3.8) is 0 Å². The molecular formula is C17H14N4. The Labute approximate surface area is 121 Å². The maximum Gasteiger partial charge on any atom is 0.113 e. The van der Waals surface area contributed by atoms with Gasteiger partial charge in [0.1, 0.15) is 5.52 Å². The van der Waals surface area contributed by atoms with Gasteiger partial charge < -0.3 is 5.73 Å². The van der Waals surface area contributed by atoms with Crippen LogP contribution >= 0.6 is 0 Å². The number of nitrogens with two attached hydrogens (primary N) is 1. The molecule has 102 valence electrons. The van der Waals surface area contributed by atoms with Crippen LogP contribution < -0.4 is 5.73 Å². The molecule has 0 aliphatic heterocycles. The van der Waals surface area contributed by atoms with E-state index in [9.17, 15) is 0 Å². The summed E-state index contributed by atoms with van der Waals surface area (Å²) >= 11 is 0. The first-order valence-corrected chi connectivity index (χ1v) is 6.87. The highest BCUT2D eigenvalue weighted by molar-refractivity contribution is 5.86. The predicted molar refractivity (Wildman–Crippen MR) is 83.9 cm³/mol. The van der Waals surface area contributed by atoms with Gasteiger partial charge >= 0.3 is 0 Å². The summed E-state index contributed by atoms with van der Waals surface area (Å²) in [7, 11) is 0. The number of nitrogens with zero attached hydrogens (tertiary/aromatic N) is 2. The van der Waals surface area contributed by atoms with Gasteiger partial charge in [0.05, 0.1) is 11.6 Å². The zero-order valence-corrected chi connectivity index (χ0v) is 11.3. The summed E-state index contributed by atoms with van der Waals surface area (Å²) in [4.78, 5) is 0. The van der Waals surface area contributed by atoms with E-state index in [1.54, 1.807) is 0 Å². The van der Waals surface area contributed by atoms with Crippen LogP contribution in [0.1, 0.15) is 17.2 Å². The zero-order chi connectivity index (χ0) is 14.2. The van der Waals surface area contributed by atoms with Gasteiger partial charge in [-0.3, -0.25) is 5.10 Å². The lowest BCUT2D eigenvalue weighted by atomic mass is 9.94. The van der Waals surface area contributed by atoms with E-state index < -0.39 is 0 Å². The molecule has 1 unspecified atom stereocenters. The minimum Gasteiger partial charge on any atom is -0.320 e. The van der Waals surface area contributed by atoms with Crippen LogP contribution in [0, 0.1) is 0 Å². The Hall–Kier alpha value is -2.72. The molecule has 0 bridgehead atoms. The fourth-order valence-corrected chi connectivity index (χ4v) is 2.75. The van der Waals surface area contributed by atoms with Gasteiger partial charge in [-0.1, -0.05) is 53.7 Å². The van der Waals surface area contributed by atoms with E-state index in [4.69, 9.17) is 5.73 Å². The summed E-state index contributed by atoms with van der Waals surface area (Å²) < 4.78 is 0. The molecule has 0 spiro atoms. The van der Waals surface area contributed by atoms with Crippen LogP contribution in [-0.4, -0.2) is 15.4 Å². The Balaban J connectivity index is 1.87. The van der Waals surface area contributed by atoms with Gasteiger partial charge in [0.25, 0.3) is 0 Å². The number of aromatic nitrogens is 3. The van der Waals surface area contributed by atoms with Crippen LogP contribution in [0.3, 0.4) is 0 Å². The first-order chi connectivity index (χ1) is 10.3. The first kappa shape index (κ1) is 12.1. The minimum absolute atomic E-state index is 0.183. The van der Waals surface area contributed by atoms with Gasteiger partial charge in [-0.25, -0.2) is 0 Å².